The summed E-state index contributed by atoms with van der Waals surface area (Å²) in [6, 6.07) is 13.3. The van der Waals surface area contributed by atoms with Crippen molar-refractivity contribution in [2.75, 3.05) is 18.4 Å². The fourth-order valence-corrected chi connectivity index (χ4v) is 6.21. The smallest absolute Gasteiger partial charge is 0.224 e. The predicted molar refractivity (Wildman–Crippen MR) is 157 cm³/mol. The summed E-state index contributed by atoms with van der Waals surface area (Å²) in [6.07, 6.45) is 9.59. The number of amides is 1. The lowest BCUT2D eigenvalue weighted by atomic mass is 9.94. The van der Waals surface area contributed by atoms with E-state index in [1.807, 2.05) is 24.3 Å². The number of nitrogens with one attached hydrogen (secondary N) is 4. The minimum atomic E-state index is -0.228. The third-order valence-corrected chi connectivity index (χ3v) is 8.40. The van der Waals surface area contributed by atoms with Crippen molar-refractivity contribution in [3.05, 3.63) is 72.4 Å². The second-order valence-corrected chi connectivity index (χ2v) is 11.2. The second-order valence-electron chi connectivity index (χ2n) is 10.2. The molecule has 1 fully saturated rings. The van der Waals surface area contributed by atoms with E-state index in [9.17, 15) is 9.18 Å². The van der Waals surface area contributed by atoms with Gasteiger partial charge < -0.3 is 15.6 Å². The fraction of sp³-hybridized carbons (Fsp3) is 0.200. The molecule has 0 saturated carbocycles. The second kappa shape index (κ2) is 10.3. The maximum atomic E-state index is 13.7. The molecule has 0 aliphatic carbocycles. The standard InChI is InChI=1S/C30H26FN7OS/c31-28-4-3-27(40-28)23-15-34-16-26-21(23)12-25(36-26)30-22-11-18(1-2-24(22)37-38-30)19-10-20(14-33-13-19)35-29(39)9-17-5-7-32-8-6-17/h1-4,10-17,32,36H,5-9H2,(H,35,39)(H,37,38). The molecule has 0 bridgehead atoms. The zero-order valence-electron chi connectivity index (χ0n) is 21.5. The molecular weight excluding hydrogens is 525 g/mol. The first-order valence-corrected chi connectivity index (χ1v) is 14.1. The number of anilines is 1. The van der Waals surface area contributed by atoms with Crippen LogP contribution in [0, 0.1) is 11.0 Å². The Kier molecular flexibility index (Phi) is 6.33. The van der Waals surface area contributed by atoms with Crippen LogP contribution < -0.4 is 10.6 Å². The number of nitrogens with zero attached hydrogens (tertiary/aromatic N) is 3. The van der Waals surface area contributed by atoms with Gasteiger partial charge in [0.15, 0.2) is 5.13 Å². The van der Waals surface area contributed by atoms with Gasteiger partial charge in [0.2, 0.25) is 5.91 Å². The molecule has 1 saturated heterocycles. The highest BCUT2D eigenvalue weighted by atomic mass is 32.1. The van der Waals surface area contributed by atoms with Gasteiger partial charge in [0.05, 0.1) is 34.8 Å². The number of piperidine rings is 1. The van der Waals surface area contributed by atoms with E-state index in [1.54, 1.807) is 30.9 Å². The first kappa shape index (κ1) is 24.6. The molecule has 8 nitrogen and oxygen atoms in total. The Labute approximate surface area is 233 Å². The normalized spacial score (nSPS) is 14.2. The van der Waals surface area contributed by atoms with Crippen LogP contribution in [0.5, 0.6) is 0 Å². The summed E-state index contributed by atoms with van der Waals surface area (Å²) in [7, 11) is 0. The highest BCUT2D eigenvalue weighted by molar-refractivity contribution is 7.14. The van der Waals surface area contributed by atoms with Crippen LogP contribution in [0.25, 0.3) is 54.8 Å². The Balaban J connectivity index is 1.19. The molecule has 1 aliphatic rings. The monoisotopic (exact) mass is 551 g/mol. The highest BCUT2D eigenvalue weighted by Gasteiger charge is 2.18. The summed E-state index contributed by atoms with van der Waals surface area (Å²) >= 11 is 1.10. The van der Waals surface area contributed by atoms with Gasteiger partial charge in [0.1, 0.15) is 5.69 Å². The number of carbonyl (C=O) groups is 1. The minimum Gasteiger partial charge on any atom is -0.352 e. The minimum absolute atomic E-state index is 0.0244. The van der Waals surface area contributed by atoms with Crippen molar-refractivity contribution in [3.8, 4) is 33.0 Å². The molecule has 0 spiro atoms. The summed E-state index contributed by atoms with van der Waals surface area (Å²) in [5.41, 5.74) is 6.78. The molecule has 6 aromatic rings. The lowest BCUT2D eigenvalue weighted by Crippen LogP contribution is -2.30. The zero-order chi connectivity index (χ0) is 27.1. The largest absolute Gasteiger partial charge is 0.352 e. The van der Waals surface area contributed by atoms with Gasteiger partial charge in [-0.1, -0.05) is 6.07 Å². The molecule has 6 heterocycles. The number of hydrogen-bond donors (Lipinski definition) is 4. The van der Waals surface area contributed by atoms with E-state index in [1.165, 1.54) is 6.07 Å². The Morgan fingerprint density at radius 1 is 0.950 bits per heavy atom. The number of aromatic amines is 2. The van der Waals surface area contributed by atoms with Crippen LogP contribution in [0.2, 0.25) is 0 Å². The summed E-state index contributed by atoms with van der Waals surface area (Å²) < 4.78 is 13.7. The first-order valence-electron chi connectivity index (χ1n) is 13.3. The molecule has 40 heavy (non-hydrogen) atoms. The lowest BCUT2D eigenvalue weighted by Gasteiger charge is -2.21. The number of fused-ring (bicyclic) bond motifs is 2. The number of halogens is 1. The van der Waals surface area contributed by atoms with Crippen LogP contribution in [-0.2, 0) is 4.79 Å². The summed E-state index contributed by atoms with van der Waals surface area (Å²) in [5.74, 6) is 0.443. The Bertz CT molecular complexity index is 1850. The molecule has 1 amide bonds. The third kappa shape index (κ3) is 4.76. The Morgan fingerprint density at radius 2 is 1.82 bits per heavy atom. The first-order chi connectivity index (χ1) is 19.6. The van der Waals surface area contributed by atoms with Crippen LogP contribution in [0.1, 0.15) is 19.3 Å². The van der Waals surface area contributed by atoms with Gasteiger partial charge in [-0.15, -0.1) is 11.3 Å². The quantitative estimate of drug-likeness (QED) is 0.192. The van der Waals surface area contributed by atoms with Gasteiger partial charge in [0, 0.05) is 45.6 Å². The number of thiophene rings is 1. The average Bonchev–Trinajstić information content (AvgIpc) is 3.71. The average molecular weight is 552 g/mol. The molecule has 7 rings (SSSR count). The molecular formula is C30H26FN7OS. The third-order valence-electron chi connectivity index (χ3n) is 7.49. The van der Waals surface area contributed by atoms with Crippen molar-refractivity contribution in [2.24, 2.45) is 5.92 Å². The van der Waals surface area contributed by atoms with Crippen LogP contribution >= 0.6 is 11.3 Å². The number of pyridine rings is 2. The topological polar surface area (TPSA) is 111 Å². The van der Waals surface area contributed by atoms with Crippen LogP contribution in [0.15, 0.2) is 67.3 Å². The molecule has 200 valence electrons. The molecule has 1 aromatic carbocycles. The molecule has 0 radical (unpaired) electrons. The van der Waals surface area contributed by atoms with E-state index < -0.39 is 0 Å². The SMILES string of the molecule is O=C(CC1CCNCC1)Nc1cncc(-c2ccc3[nH]nc(-c4cc5c(-c6ccc(F)s6)cncc5[nH]4)c3c2)c1. The molecule has 10 heteroatoms. The number of hydrogen-bond acceptors (Lipinski definition) is 6. The molecule has 0 unspecified atom stereocenters. The van der Waals surface area contributed by atoms with Gasteiger partial charge in [-0.3, -0.25) is 19.9 Å². The van der Waals surface area contributed by atoms with Crippen molar-refractivity contribution >= 4 is 44.7 Å². The van der Waals surface area contributed by atoms with E-state index in [4.69, 9.17) is 0 Å². The van der Waals surface area contributed by atoms with Gasteiger partial charge in [-0.25, -0.2) is 0 Å². The van der Waals surface area contributed by atoms with Crippen molar-refractivity contribution in [3.63, 3.8) is 0 Å². The molecule has 5 aromatic heterocycles. The van der Waals surface area contributed by atoms with Crippen molar-refractivity contribution in [1.29, 1.82) is 0 Å². The van der Waals surface area contributed by atoms with Crippen molar-refractivity contribution in [1.82, 2.24) is 30.5 Å². The van der Waals surface area contributed by atoms with E-state index in [0.29, 0.717) is 18.0 Å². The van der Waals surface area contributed by atoms with Crippen LogP contribution in [0.4, 0.5) is 10.1 Å². The summed E-state index contributed by atoms with van der Waals surface area (Å²) in [5, 5.41) is 15.8. The van der Waals surface area contributed by atoms with Crippen LogP contribution in [0.3, 0.4) is 0 Å². The van der Waals surface area contributed by atoms with Gasteiger partial charge >= 0.3 is 0 Å². The molecule has 4 N–H and O–H groups in total. The van der Waals surface area contributed by atoms with E-state index in [-0.39, 0.29) is 11.0 Å². The van der Waals surface area contributed by atoms with E-state index >= 15 is 0 Å². The zero-order valence-corrected chi connectivity index (χ0v) is 22.3. The van der Waals surface area contributed by atoms with Crippen molar-refractivity contribution < 1.29 is 9.18 Å². The maximum absolute atomic E-state index is 13.7. The highest BCUT2D eigenvalue weighted by Crippen LogP contribution is 2.37. The molecule has 0 atom stereocenters. The van der Waals surface area contributed by atoms with Crippen molar-refractivity contribution in [2.45, 2.75) is 19.3 Å². The summed E-state index contributed by atoms with van der Waals surface area (Å²) in [4.78, 5) is 25.7. The fourth-order valence-electron chi connectivity index (χ4n) is 5.46. The summed E-state index contributed by atoms with van der Waals surface area (Å²) in [6.45, 7) is 1.94. The Hall–Kier alpha value is -4.41. The number of benzene rings is 1. The van der Waals surface area contributed by atoms with E-state index in [2.05, 4.69) is 41.8 Å². The number of carbonyl (C=O) groups excluding carboxylic acids is 1. The number of H-pyrrole nitrogens is 2. The molecule has 1 aliphatic heterocycles. The number of aromatic nitrogens is 5. The lowest BCUT2D eigenvalue weighted by molar-refractivity contribution is -0.117. The van der Waals surface area contributed by atoms with Gasteiger partial charge in [-0.2, -0.15) is 9.49 Å². The Morgan fingerprint density at radius 3 is 2.67 bits per heavy atom. The maximum Gasteiger partial charge on any atom is 0.224 e. The van der Waals surface area contributed by atoms with Crippen LogP contribution in [-0.4, -0.2) is 44.1 Å². The number of rotatable bonds is 6. The van der Waals surface area contributed by atoms with E-state index in [0.717, 1.165) is 92.0 Å². The van der Waals surface area contributed by atoms with Gasteiger partial charge in [-0.05, 0) is 73.8 Å². The van der Waals surface area contributed by atoms with Gasteiger partial charge in [0.25, 0.3) is 0 Å². The predicted octanol–water partition coefficient (Wildman–Crippen LogP) is 6.36.